The topological polar surface area (TPSA) is 212 Å². The fourth-order valence-electron chi connectivity index (χ4n) is 12.9. The van der Waals surface area contributed by atoms with Crippen LogP contribution < -0.4 is 5.32 Å². The van der Waals surface area contributed by atoms with Gasteiger partial charge in [-0.05, 0) is 25.2 Å². The Hall–Kier alpha value is -0.0549. The van der Waals surface area contributed by atoms with Crippen molar-refractivity contribution in [1.82, 2.24) is 5.32 Å². The van der Waals surface area contributed by atoms with Crippen LogP contribution in [0.1, 0.15) is 84.0 Å². The van der Waals surface area contributed by atoms with E-state index in [2.05, 4.69) is 5.32 Å². The van der Waals surface area contributed by atoms with Crippen molar-refractivity contribution < 1.29 is 102 Å². The summed E-state index contributed by atoms with van der Waals surface area (Å²) >= 11 is 0. The van der Waals surface area contributed by atoms with Crippen LogP contribution in [0.4, 0.5) is 13.2 Å². The van der Waals surface area contributed by atoms with E-state index >= 15 is 13.2 Å². The van der Waals surface area contributed by atoms with E-state index < -0.39 is 111 Å². The number of alkyl halides is 3. The van der Waals surface area contributed by atoms with E-state index in [-0.39, 0.29) is 19.4 Å². The van der Waals surface area contributed by atoms with Crippen molar-refractivity contribution in [3.05, 3.63) is 0 Å². The first kappa shape index (κ1) is 82.0. The minimum absolute atomic E-state index is 0.0700. The maximum absolute atomic E-state index is 17.8. The van der Waals surface area contributed by atoms with Crippen LogP contribution in [0.2, 0.25) is 84.6 Å². The number of amides is 1. The highest BCUT2D eigenvalue weighted by atomic mass is 28.4. The summed E-state index contributed by atoms with van der Waals surface area (Å²) in [5.74, 6) is -8.76. The third kappa shape index (κ3) is 23.3. The second kappa shape index (κ2) is 40.0. The Morgan fingerprint density at radius 1 is 0.369 bits per heavy atom. The number of nitrogens with one attached hydrogen (secondary N) is 1. The first-order valence-corrected chi connectivity index (χ1v) is 46.9. The van der Waals surface area contributed by atoms with Crippen LogP contribution in [0.3, 0.4) is 0 Å². The molecule has 1 aliphatic carbocycles. The molecule has 0 aromatic heterocycles. The van der Waals surface area contributed by atoms with Crippen molar-refractivity contribution >= 4 is 80.7 Å². The van der Waals surface area contributed by atoms with Gasteiger partial charge in [0.15, 0.2) is 0 Å². The van der Waals surface area contributed by atoms with Crippen molar-refractivity contribution in [2.75, 3.05) is 135 Å². The van der Waals surface area contributed by atoms with Crippen LogP contribution in [0.5, 0.6) is 0 Å². The highest BCUT2D eigenvalue weighted by molar-refractivity contribution is 6.81. The normalized spacial score (nSPS) is 18.6. The summed E-state index contributed by atoms with van der Waals surface area (Å²) < 4.78 is 155. The van der Waals surface area contributed by atoms with Gasteiger partial charge in [-0.2, -0.15) is 0 Å². The predicted octanol–water partition coefficient (Wildman–Crippen LogP) is 10.1. The summed E-state index contributed by atoms with van der Waals surface area (Å²) in [6, 6.07) is 9.90. The molecule has 1 saturated carbocycles. The molecule has 1 fully saturated rings. The number of hydrogen-bond donors (Lipinski definition) is 1. The smallest absolute Gasteiger partial charge is 0.377 e. The number of ketones is 1. The molecule has 0 bridgehead atoms. The zero-order valence-corrected chi connectivity index (χ0v) is 63.0. The largest absolute Gasteiger partial charge is 0.500 e. The second-order valence-electron chi connectivity index (χ2n) is 22.4. The number of carbonyl (C=O) groups is 2. The van der Waals surface area contributed by atoms with Gasteiger partial charge in [-0.25, -0.2) is 13.2 Å². The standard InChI is InChI=1S/C52H114F3NO20Si8/c1-47-45-48(49(57)29-20-21-31-77(33-23-39-79(59-2,60-3)61-4,34-24-40-80(62-5,63-6)64-7)35-25-41-81(65-8,66-9)67-10)52(55,51(53,54)46-47)50(58)56-30-22-32-78(36-26-42-82(68-11,69-12)70-13,37-27-43-83(71-14,72-15)73-16)38-28-44-84(74-17,75-18)76-19/h47-48H,20-46H2,1-19H3,(H,56,58). The van der Waals surface area contributed by atoms with Crippen molar-refractivity contribution in [2.24, 2.45) is 11.8 Å². The lowest BCUT2D eigenvalue weighted by atomic mass is 9.67. The lowest BCUT2D eigenvalue weighted by molar-refractivity contribution is -0.204. The molecule has 1 aliphatic rings. The van der Waals surface area contributed by atoms with Crippen molar-refractivity contribution in [3.8, 4) is 0 Å². The quantitative estimate of drug-likeness (QED) is 0.0443. The number of carbonyl (C=O) groups excluding carboxylic acids is 2. The average Bonchev–Trinajstić information content (AvgIpc) is 1.47. The molecule has 0 saturated heterocycles. The van der Waals surface area contributed by atoms with Crippen LogP contribution in [0.25, 0.3) is 0 Å². The van der Waals surface area contributed by atoms with Gasteiger partial charge in [-0.15, -0.1) is 0 Å². The molecular formula is C52H114F3NO20Si8. The van der Waals surface area contributed by atoms with E-state index in [9.17, 15) is 9.59 Å². The summed E-state index contributed by atoms with van der Waals surface area (Å²) in [6.45, 7) is 1.52. The molecule has 3 unspecified atom stereocenters. The summed E-state index contributed by atoms with van der Waals surface area (Å²) in [5, 5.41) is 2.61. The highest BCUT2D eigenvalue weighted by Crippen LogP contribution is 2.51. The Morgan fingerprint density at radius 3 is 0.857 bits per heavy atom. The Balaban J connectivity index is 3.66. The molecule has 21 nitrogen and oxygen atoms in total. The maximum Gasteiger partial charge on any atom is 0.500 e. The minimum Gasteiger partial charge on any atom is -0.377 e. The molecule has 0 heterocycles. The van der Waals surface area contributed by atoms with Gasteiger partial charge in [-0.3, -0.25) is 9.59 Å². The van der Waals surface area contributed by atoms with Gasteiger partial charge in [0, 0.05) is 184 Å². The molecule has 1 amide bonds. The van der Waals surface area contributed by atoms with Crippen LogP contribution in [-0.2, 0) is 89.3 Å². The number of rotatable bonds is 53. The molecule has 1 N–H and O–H groups in total. The third-order valence-corrected chi connectivity index (χ3v) is 46.6. The van der Waals surface area contributed by atoms with E-state index in [1.54, 1.807) is 135 Å². The van der Waals surface area contributed by atoms with E-state index in [1.165, 1.54) is 0 Å². The number of hydrogen-bond acceptors (Lipinski definition) is 20. The first-order chi connectivity index (χ1) is 39.8. The lowest BCUT2D eigenvalue weighted by Crippen LogP contribution is -2.64. The maximum atomic E-state index is 17.8. The number of halogens is 3. The molecule has 32 heteroatoms. The number of unbranched alkanes of at least 4 members (excludes halogenated alkanes) is 1. The Kier molecular flexibility index (Phi) is 39.1. The molecule has 84 heavy (non-hydrogen) atoms. The van der Waals surface area contributed by atoms with Crippen LogP contribution in [0.15, 0.2) is 0 Å². The van der Waals surface area contributed by atoms with Gasteiger partial charge in [0.1, 0.15) is 5.78 Å². The molecular weight excluding hydrogens is 1240 g/mol. The molecule has 0 spiro atoms. The first-order valence-electron chi connectivity index (χ1n) is 29.6. The van der Waals surface area contributed by atoms with E-state index in [0.717, 1.165) is 61.6 Å². The Bertz CT molecular complexity index is 1620. The Labute approximate surface area is 512 Å². The summed E-state index contributed by atoms with van der Waals surface area (Å²) in [7, 11) is 6.09. The summed E-state index contributed by atoms with van der Waals surface area (Å²) in [5.41, 5.74) is -3.75. The SMILES string of the molecule is CO[Si](CCC[Si](CCCCC(=O)C1CC(C)CC(F)(F)C1(F)C(=O)NCCC[Si](CCC[Si](OC)(OC)OC)(CCC[Si](OC)(OC)OC)CCC[Si](OC)(OC)OC)(CCC[Si](OC)(OC)OC)CCC[Si](OC)(OC)OC)(OC)OC. The molecule has 500 valence electrons. The summed E-state index contributed by atoms with van der Waals surface area (Å²) in [4.78, 5) is 28.8. The van der Waals surface area contributed by atoms with Crippen molar-refractivity contribution in [2.45, 2.75) is 180 Å². The van der Waals surface area contributed by atoms with Gasteiger partial charge in [-0.1, -0.05) is 100 Å². The predicted molar refractivity (Wildman–Crippen MR) is 334 cm³/mol. The summed E-state index contributed by atoms with van der Waals surface area (Å²) in [6.07, 6.45) is 4.51. The van der Waals surface area contributed by atoms with Gasteiger partial charge in [0.25, 0.3) is 17.5 Å². The minimum atomic E-state index is -4.10. The molecule has 0 aliphatic heterocycles. The molecule has 3 atom stereocenters. The molecule has 0 aromatic rings. The third-order valence-electron chi connectivity index (χ3n) is 18.3. The fourth-order valence-corrected chi connectivity index (χ4v) is 35.8. The lowest BCUT2D eigenvalue weighted by Gasteiger charge is -2.43. The van der Waals surface area contributed by atoms with Crippen LogP contribution in [0, 0.1) is 11.8 Å². The van der Waals surface area contributed by atoms with Crippen LogP contribution >= 0.6 is 0 Å². The highest BCUT2D eigenvalue weighted by Gasteiger charge is 2.68. The van der Waals surface area contributed by atoms with Gasteiger partial charge < -0.3 is 85.0 Å². The van der Waals surface area contributed by atoms with E-state index in [1.807, 2.05) is 0 Å². The monoisotopic (exact) mass is 1350 g/mol. The van der Waals surface area contributed by atoms with Gasteiger partial charge >= 0.3 is 52.8 Å². The van der Waals surface area contributed by atoms with Gasteiger partial charge in [0.2, 0.25) is 0 Å². The fraction of sp³-hybridized carbons (Fsp3) is 0.962. The Morgan fingerprint density at radius 2 is 0.607 bits per heavy atom. The second-order valence-corrected chi connectivity index (χ2v) is 51.0. The molecule has 0 radical (unpaired) electrons. The zero-order chi connectivity index (χ0) is 63.8. The van der Waals surface area contributed by atoms with Gasteiger partial charge in [0.05, 0.1) is 22.1 Å². The molecule has 0 aromatic carbocycles. The average molecular weight is 1360 g/mol. The van der Waals surface area contributed by atoms with Crippen molar-refractivity contribution in [3.63, 3.8) is 0 Å². The zero-order valence-electron chi connectivity index (χ0n) is 55.0. The van der Waals surface area contributed by atoms with Crippen molar-refractivity contribution in [1.29, 1.82) is 0 Å². The van der Waals surface area contributed by atoms with Crippen LogP contribution in [-0.4, -0.2) is 227 Å². The molecule has 1 rings (SSSR count). The number of Topliss-reactive ketones (excluding diaryl/α,β-unsaturated/α-hetero) is 1. The van der Waals surface area contributed by atoms with E-state index in [4.69, 9.17) is 79.7 Å². The van der Waals surface area contributed by atoms with E-state index in [0.29, 0.717) is 80.8 Å².